The molecule has 0 aliphatic carbocycles. The van der Waals surface area contributed by atoms with Crippen LogP contribution in [-0.4, -0.2) is 39.0 Å². The predicted octanol–water partition coefficient (Wildman–Crippen LogP) is 3.01. The molecule has 1 atom stereocenters. The molecule has 4 rings (SSSR count). The molecule has 0 saturated carbocycles. The lowest BCUT2D eigenvalue weighted by Crippen LogP contribution is -2.45. The summed E-state index contributed by atoms with van der Waals surface area (Å²) < 4.78 is 6.74. The Morgan fingerprint density at radius 2 is 1.92 bits per heavy atom. The minimum absolute atomic E-state index is 0.212. The van der Waals surface area contributed by atoms with Crippen LogP contribution in [0.4, 0.5) is 0 Å². The number of carbonyl (C=O) groups excluding carboxylic acids is 1. The molecular formula is C18H18BrN4O3+. The smallest absolute Gasteiger partial charge is 0.356 e. The average molecular weight is 418 g/mol. The normalized spacial score (nSPS) is 19.7. The van der Waals surface area contributed by atoms with E-state index in [9.17, 15) is 9.70 Å². The second-order valence-corrected chi connectivity index (χ2v) is 7.22. The molecule has 2 fully saturated rings. The van der Waals surface area contributed by atoms with Gasteiger partial charge in [0.15, 0.2) is 4.87 Å². The quantitative estimate of drug-likeness (QED) is 0.715. The maximum Gasteiger partial charge on any atom is 0.356 e. The van der Waals surface area contributed by atoms with E-state index in [0.29, 0.717) is 31.1 Å². The summed E-state index contributed by atoms with van der Waals surface area (Å²) in [5.41, 5.74) is 1.48. The lowest BCUT2D eigenvalue weighted by Gasteiger charge is -2.24. The first-order valence-electron chi connectivity index (χ1n) is 8.52. The van der Waals surface area contributed by atoms with Gasteiger partial charge in [0.25, 0.3) is 0 Å². The summed E-state index contributed by atoms with van der Waals surface area (Å²) in [5.74, 6) is 0.383. The number of carbonyl (C=O) groups is 1. The number of rotatable bonds is 4. The van der Waals surface area contributed by atoms with E-state index in [1.165, 1.54) is 10.1 Å². The minimum atomic E-state index is -0.909. The van der Waals surface area contributed by atoms with Gasteiger partial charge in [0.2, 0.25) is 0 Å². The molecule has 3 heterocycles. The number of pyridine rings is 1. The van der Waals surface area contributed by atoms with Crippen molar-refractivity contribution in [1.29, 1.82) is 0 Å². The Morgan fingerprint density at radius 3 is 2.62 bits per heavy atom. The molecule has 0 spiro atoms. The number of nitroso groups, excluding NO2 is 1. The van der Waals surface area contributed by atoms with Gasteiger partial charge in [0.05, 0.1) is 11.1 Å². The highest BCUT2D eigenvalue weighted by Gasteiger charge is 2.55. The minimum Gasteiger partial charge on any atom is -0.487 e. The number of hydrogen-bond acceptors (Lipinski definition) is 4. The summed E-state index contributed by atoms with van der Waals surface area (Å²) >= 11 is 3.40. The molecule has 0 bridgehead atoms. The molecule has 1 aromatic carbocycles. The summed E-state index contributed by atoms with van der Waals surface area (Å²) in [6, 6.07) is 10.4. The maximum atomic E-state index is 12.5. The van der Waals surface area contributed by atoms with Crippen LogP contribution in [0.3, 0.4) is 0 Å². The monoisotopic (exact) mass is 417 g/mol. The Bertz CT molecular complexity index is 801. The first-order valence-corrected chi connectivity index (χ1v) is 9.31. The van der Waals surface area contributed by atoms with Crippen LogP contribution in [0.2, 0.25) is 0 Å². The number of fused-ring (bicyclic) bond motifs is 1. The molecule has 2 aromatic rings. The molecule has 1 unspecified atom stereocenters. The molecule has 2 aliphatic heterocycles. The van der Waals surface area contributed by atoms with Crippen molar-refractivity contribution in [2.24, 2.45) is 0 Å². The number of aromatic nitrogens is 1. The van der Waals surface area contributed by atoms with E-state index < -0.39 is 6.04 Å². The average Bonchev–Trinajstić information content (AvgIpc) is 2.93. The van der Waals surface area contributed by atoms with Gasteiger partial charge in [-0.25, -0.2) is 4.98 Å². The Balaban J connectivity index is 1.45. The van der Waals surface area contributed by atoms with Crippen LogP contribution in [0.25, 0.3) is 0 Å². The summed E-state index contributed by atoms with van der Waals surface area (Å²) in [6.07, 6.45) is 3.38. The molecule has 26 heavy (non-hydrogen) atoms. The standard InChI is InChI=1S/C18H18BrN4O3/c19-14-5-3-13(4-6-14)12-26-15-7-8-16(20-11-15)17-18(24)21-9-1-2-10-22(21)23(17)25/h3-8,11,17H,1-2,9-10,12H2/q+1. The third-order valence-corrected chi connectivity index (χ3v) is 5.08. The Kier molecular flexibility index (Phi) is 4.58. The van der Waals surface area contributed by atoms with Gasteiger partial charge in [0, 0.05) is 11.0 Å². The summed E-state index contributed by atoms with van der Waals surface area (Å²) in [5, 5.41) is 3.01. The zero-order valence-electron chi connectivity index (χ0n) is 14.0. The number of halogens is 1. The van der Waals surface area contributed by atoms with Gasteiger partial charge < -0.3 is 4.74 Å². The van der Waals surface area contributed by atoms with Crippen molar-refractivity contribution in [2.75, 3.05) is 13.1 Å². The Hall–Kier alpha value is -2.48. The molecule has 2 saturated heterocycles. The lowest BCUT2D eigenvalue weighted by molar-refractivity contribution is -0.741. The highest BCUT2D eigenvalue weighted by molar-refractivity contribution is 9.10. The van der Waals surface area contributed by atoms with E-state index in [1.54, 1.807) is 18.3 Å². The van der Waals surface area contributed by atoms with E-state index in [1.807, 2.05) is 24.3 Å². The van der Waals surface area contributed by atoms with Crippen molar-refractivity contribution >= 4 is 21.8 Å². The van der Waals surface area contributed by atoms with Crippen molar-refractivity contribution in [1.82, 2.24) is 15.1 Å². The van der Waals surface area contributed by atoms with Crippen molar-refractivity contribution in [3.05, 3.63) is 63.2 Å². The number of nitrogens with zero attached hydrogens (tertiary/aromatic N) is 4. The van der Waals surface area contributed by atoms with Crippen LogP contribution < -0.4 is 4.74 Å². The van der Waals surface area contributed by atoms with E-state index in [2.05, 4.69) is 20.9 Å². The van der Waals surface area contributed by atoms with Crippen LogP contribution >= 0.6 is 15.9 Å². The zero-order chi connectivity index (χ0) is 18.1. The van der Waals surface area contributed by atoms with E-state index in [4.69, 9.17) is 4.74 Å². The van der Waals surface area contributed by atoms with Gasteiger partial charge in [-0.1, -0.05) is 28.1 Å². The van der Waals surface area contributed by atoms with Gasteiger partial charge in [-0.3, -0.25) is 4.79 Å². The van der Waals surface area contributed by atoms with Crippen molar-refractivity contribution < 1.29 is 14.4 Å². The highest BCUT2D eigenvalue weighted by Crippen LogP contribution is 2.30. The number of amides is 1. The fraction of sp³-hybridized carbons (Fsp3) is 0.333. The van der Waals surface area contributed by atoms with E-state index >= 15 is 0 Å². The third kappa shape index (κ3) is 3.16. The SMILES string of the molecule is O=C1C(c2ccc(OCc3ccc(Br)cc3)cn2)[N+](=O)N2CCCCN12. The molecule has 0 N–H and O–H groups in total. The zero-order valence-corrected chi connectivity index (χ0v) is 15.6. The highest BCUT2D eigenvalue weighted by atomic mass is 79.9. The van der Waals surface area contributed by atoms with Crippen LogP contribution in [0.5, 0.6) is 5.75 Å². The van der Waals surface area contributed by atoms with Crippen LogP contribution in [-0.2, 0) is 11.4 Å². The largest absolute Gasteiger partial charge is 0.487 e. The van der Waals surface area contributed by atoms with E-state index in [-0.39, 0.29) is 5.91 Å². The van der Waals surface area contributed by atoms with Crippen molar-refractivity contribution in [3.8, 4) is 5.75 Å². The van der Waals surface area contributed by atoms with Gasteiger partial charge in [-0.15, -0.1) is 0 Å². The molecular weight excluding hydrogens is 400 g/mol. The van der Waals surface area contributed by atoms with Gasteiger partial charge in [-0.05, 0) is 47.8 Å². The third-order valence-electron chi connectivity index (χ3n) is 4.55. The Morgan fingerprint density at radius 1 is 1.15 bits per heavy atom. The van der Waals surface area contributed by atoms with Gasteiger partial charge in [0.1, 0.15) is 24.6 Å². The summed E-state index contributed by atoms with van der Waals surface area (Å²) in [4.78, 5) is 30.1. The molecule has 1 aromatic heterocycles. The molecule has 134 valence electrons. The number of hydrazine groups is 2. The molecule has 8 heteroatoms. The summed E-state index contributed by atoms with van der Waals surface area (Å²) in [6.45, 7) is 1.58. The molecule has 7 nitrogen and oxygen atoms in total. The van der Waals surface area contributed by atoms with Crippen LogP contribution in [0, 0.1) is 4.91 Å². The van der Waals surface area contributed by atoms with E-state index in [0.717, 1.165) is 27.7 Å². The number of ether oxygens (including phenoxy) is 1. The fourth-order valence-electron chi connectivity index (χ4n) is 3.17. The first-order chi connectivity index (χ1) is 12.6. The van der Waals surface area contributed by atoms with Crippen LogP contribution in [0.1, 0.15) is 30.1 Å². The van der Waals surface area contributed by atoms with Crippen LogP contribution in [0.15, 0.2) is 47.1 Å². The maximum absolute atomic E-state index is 12.5. The fourth-order valence-corrected chi connectivity index (χ4v) is 3.44. The number of hydrogen-bond donors (Lipinski definition) is 0. The second-order valence-electron chi connectivity index (χ2n) is 6.30. The molecule has 0 radical (unpaired) electrons. The summed E-state index contributed by atoms with van der Waals surface area (Å²) in [7, 11) is 0. The predicted molar refractivity (Wildman–Crippen MR) is 96.7 cm³/mol. The molecule has 1 amide bonds. The van der Waals surface area contributed by atoms with Gasteiger partial charge in [-0.2, -0.15) is 5.01 Å². The Labute approximate surface area is 159 Å². The first kappa shape index (κ1) is 17.0. The van der Waals surface area contributed by atoms with Crippen molar-refractivity contribution in [2.45, 2.75) is 25.5 Å². The van der Waals surface area contributed by atoms with Gasteiger partial charge >= 0.3 is 11.9 Å². The second kappa shape index (κ2) is 7.03. The molecule has 2 aliphatic rings. The lowest BCUT2D eigenvalue weighted by atomic mass is 10.2. The van der Waals surface area contributed by atoms with Crippen molar-refractivity contribution in [3.63, 3.8) is 0 Å². The number of benzene rings is 1. The topological polar surface area (TPSA) is 65.8 Å².